The van der Waals surface area contributed by atoms with Crippen LogP contribution in [0.25, 0.3) is 0 Å². The number of rotatable bonds is 6. The van der Waals surface area contributed by atoms with E-state index in [0.29, 0.717) is 47.8 Å². The first-order valence-electron chi connectivity index (χ1n) is 11.0. The third kappa shape index (κ3) is 5.72. The molecule has 0 unspecified atom stereocenters. The lowest BCUT2D eigenvalue weighted by atomic mass is 9.69. The first kappa shape index (κ1) is 23.4. The normalized spacial score (nSPS) is 23.7. The van der Waals surface area contributed by atoms with Gasteiger partial charge in [-0.3, -0.25) is 0 Å². The van der Waals surface area contributed by atoms with Gasteiger partial charge >= 0.3 is 0 Å². The van der Waals surface area contributed by atoms with Crippen LogP contribution in [0.3, 0.4) is 0 Å². The van der Waals surface area contributed by atoms with Crippen LogP contribution in [0, 0.1) is 11.3 Å². The molecular weight excluding hydrogens is 418 g/mol. The predicted molar refractivity (Wildman–Crippen MR) is 125 cm³/mol. The van der Waals surface area contributed by atoms with Crippen molar-refractivity contribution in [3.05, 3.63) is 24.3 Å². The lowest BCUT2D eigenvalue weighted by Crippen LogP contribution is -2.41. The van der Waals surface area contributed by atoms with E-state index >= 15 is 0 Å². The number of nitrogens with zero attached hydrogens (tertiary/aromatic N) is 1. The summed E-state index contributed by atoms with van der Waals surface area (Å²) in [5.41, 5.74) is 1.20. The SMILES string of the molecule is CCC(C)(C)C1CCC(NC(=S)Nc2ccc(S(=O)(=O)N3CCOCC3)cc2)CC1. The molecule has 0 amide bonds. The molecule has 1 heterocycles. The molecular formula is C22H35N3O3S2. The minimum Gasteiger partial charge on any atom is -0.379 e. The molecule has 168 valence electrons. The molecule has 3 rings (SSSR count). The Kier molecular flexibility index (Phi) is 7.76. The Bertz CT molecular complexity index is 811. The van der Waals surface area contributed by atoms with Crippen molar-refractivity contribution in [2.45, 2.75) is 63.8 Å². The van der Waals surface area contributed by atoms with E-state index in [-0.39, 0.29) is 0 Å². The summed E-state index contributed by atoms with van der Waals surface area (Å²) >= 11 is 5.49. The van der Waals surface area contributed by atoms with Gasteiger partial charge in [0.2, 0.25) is 10.0 Å². The highest BCUT2D eigenvalue weighted by Gasteiger charge is 2.32. The van der Waals surface area contributed by atoms with Crippen molar-refractivity contribution in [2.75, 3.05) is 31.6 Å². The zero-order valence-corrected chi connectivity index (χ0v) is 19.9. The molecule has 1 aromatic rings. The van der Waals surface area contributed by atoms with Gasteiger partial charge in [0.05, 0.1) is 18.1 Å². The van der Waals surface area contributed by atoms with Crippen molar-refractivity contribution >= 4 is 33.0 Å². The summed E-state index contributed by atoms with van der Waals surface area (Å²) < 4.78 is 32.1. The summed E-state index contributed by atoms with van der Waals surface area (Å²) in [5, 5.41) is 7.22. The third-order valence-electron chi connectivity index (χ3n) is 6.80. The van der Waals surface area contributed by atoms with E-state index in [2.05, 4.69) is 31.4 Å². The topological polar surface area (TPSA) is 70.7 Å². The highest BCUT2D eigenvalue weighted by molar-refractivity contribution is 7.89. The maximum atomic E-state index is 12.7. The summed E-state index contributed by atoms with van der Waals surface area (Å²) in [6.45, 7) is 8.71. The van der Waals surface area contributed by atoms with Crippen molar-refractivity contribution in [3.8, 4) is 0 Å². The molecule has 6 nitrogen and oxygen atoms in total. The van der Waals surface area contributed by atoms with Crippen LogP contribution in [0.4, 0.5) is 5.69 Å². The highest BCUT2D eigenvalue weighted by atomic mass is 32.2. The van der Waals surface area contributed by atoms with Crippen LogP contribution in [0.1, 0.15) is 52.9 Å². The van der Waals surface area contributed by atoms with E-state index in [1.165, 1.54) is 23.6 Å². The van der Waals surface area contributed by atoms with Gasteiger partial charge in [-0.15, -0.1) is 0 Å². The number of anilines is 1. The lowest BCUT2D eigenvalue weighted by Gasteiger charge is -2.39. The zero-order chi connectivity index (χ0) is 21.8. The van der Waals surface area contributed by atoms with Crippen molar-refractivity contribution in [1.29, 1.82) is 0 Å². The Labute approximate surface area is 186 Å². The Morgan fingerprint density at radius 3 is 2.30 bits per heavy atom. The molecule has 1 saturated carbocycles. The van der Waals surface area contributed by atoms with Gasteiger partial charge in [0, 0.05) is 24.8 Å². The number of hydrogen-bond acceptors (Lipinski definition) is 4. The van der Waals surface area contributed by atoms with Crippen molar-refractivity contribution in [2.24, 2.45) is 11.3 Å². The highest BCUT2D eigenvalue weighted by Crippen LogP contribution is 2.40. The standard InChI is InChI=1S/C22H35N3O3S2/c1-4-22(2,3)17-5-7-18(8-6-17)23-21(29)24-19-9-11-20(12-10-19)30(26,27)25-13-15-28-16-14-25/h9-12,17-18H,4-8,13-16H2,1-3H3,(H2,23,24,29). The first-order chi connectivity index (χ1) is 14.2. The van der Waals surface area contributed by atoms with E-state index in [0.717, 1.165) is 24.4 Å². The quantitative estimate of drug-likeness (QED) is 0.635. The second-order valence-corrected chi connectivity index (χ2v) is 11.4. The molecule has 2 N–H and O–H groups in total. The van der Waals surface area contributed by atoms with E-state index in [9.17, 15) is 8.42 Å². The zero-order valence-electron chi connectivity index (χ0n) is 18.3. The summed E-state index contributed by atoms with van der Waals surface area (Å²) in [7, 11) is -3.47. The molecule has 1 saturated heterocycles. The number of morpholine rings is 1. The Morgan fingerprint density at radius 1 is 1.13 bits per heavy atom. The molecule has 1 aliphatic carbocycles. The second kappa shape index (κ2) is 9.94. The minimum absolute atomic E-state index is 0.297. The Balaban J connectivity index is 1.50. The monoisotopic (exact) mass is 453 g/mol. The molecule has 0 radical (unpaired) electrons. The number of nitrogens with one attached hydrogen (secondary N) is 2. The average Bonchev–Trinajstić information content (AvgIpc) is 2.75. The predicted octanol–water partition coefficient (Wildman–Crippen LogP) is 3.99. The van der Waals surface area contributed by atoms with Crippen LogP contribution in [-0.2, 0) is 14.8 Å². The minimum atomic E-state index is -3.47. The maximum Gasteiger partial charge on any atom is 0.243 e. The fraction of sp³-hybridized carbons (Fsp3) is 0.682. The van der Waals surface area contributed by atoms with Crippen LogP contribution in [-0.4, -0.2) is 50.2 Å². The Hall–Kier alpha value is -1.22. The maximum absolute atomic E-state index is 12.7. The van der Waals surface area contributed by atoms with Gasteiger partial charge in [0.1, 0.15) is 0 Å². The van der Waals surface area contributed by atoms with Crippen LogP contribution in [0.2, 0.25) is 0 Å². The van der Waals surface area contributed by atoms with Gasteiger partial charge in [-0.1, -0.05) is 27.2 Å². The number of hydrogen-bond donors (Lipinski definition) is 2. The number of thiocarbonyl (C=S) groups is 1. The molecule has 2 aliphatic rings. The molecule has 8 heteroatoms. The Morgan fingerprint density at radius 2 is 1.73 bits per heavy atom. The van der Waals surface area contributed by atoms with Crippen LogP contribution in [0.15, 0.2) is 29.2 Å². The summed E-state index contributed by atoms with van der Waals surface area (Å²) in [4.78, 5) is 0.297. The fourth-order valence-electron chi connectivity index (χ4n) is 4.31. The largest absolute Gasteiger partial charge is 0.379 e. The van der Waals surface area contributed by atoms with Gasteiger partial charge in [-0.05, 0) is 73.5 Å². The van der Waals surface area contributed by atoms with Crippen molar-refractivity contribution < 1.29 is 13.2 Å². The molecule has 2 fully saturated rings. The average molecular weight is 454 g/mol. The molecule has 30 heavy (non-hydrogen) atoms. The van der Waals surface area contributed by atoms with Gasteiger partial charge in [0.15, 0.2) is 5.11 Å². The van der Waals surface area contributed by atoms with Crippen LogP contribution < -0.4 is 10.6 Å². The van der Waals surface area contributed by atoms with Gasteiger partial charge in [-0.2, -0.15) is 4.31 Å². The molecule has 0 atom stereocenters. The van der Waals surface area contributed by atoms with E-state index in [1.807, 2.05) is 0 Å². The van der Waals surface area contributed by atoms with Crippen molar-refractivity contribution in [1.82, 2.24) is 9.62 Å². The van der Waals surface area contributed by atoms with Crippen molar-refractivity contribution in [3.63, 3.8) is 0 Å². The molecule has 1 aliphatic heterocycles. The third-order valence-corrected chi connectivity index (χ3v) is 8.93. The summed E-state index contributed by atoms with van der Waals surface area (Å²) in [6.07, 6.45) is 5.94. The van der Waals surface area contributed by atoms with Gasteiger partial charge in [0.25, 0.3) is 0 Å². The summed E-state index contributed by atoms with van der Waals surface area (Å²) in [5.74, 6) is 0.781. The van der Waals surface area contributed by atoms with E-state index in [4.69, 9.17) is 17.0 Å². The number of sulfonamides is 1. The van der Waals surface area contributed by atoms with Crippen LogP contribution in [0.5, 0.6) is 0 Å². The molecule has 1 aromatic carbocycles. The molecule has 0 bridgehead atoms. The van der Waals surface area contributed by atoms with Gasteiger partial charge in [-0.25, -0.2) is 8.42 Å². The lowest BCUT2D eigenvalue weighted by molar-refractivity contribution is 0.0730. The van der Waals surface area contributed by atoms with E-state index in [1.54, 1.807) is 24.3 Å². The summed E-state index contributed by atoms with van der Waals surface area (Å²) in [6, 6.07) is 7.20. The fourth-order valence-corrected chi connectivity index (χ4v) is 6.00. The first-order valence-corrected chi connectivity index (χ1v) is 12.8. The number of ether oxygens (including phenoxy) is 1. The smallest absolute Gasteiger partial charge is 0.243 e. The van der Waals surface area contributed by atoms with Crippen LogP contribution >= 0.6 is 12.2 Å². The number of benzene rings is 1. The second-order valence-electron chi connectivity index (χ2n) is 9.03. The molecule has 0 aromatic heterocycles. The van der Waals surface area contributed by atoms with Gasteiger partial charge < -0.3 is 15.4 Å². The molecule has 0 spiro atoms. The van der Waals surface area contributed by atoms with E-state index < -0.39 is 10.0 Å².